The topological polar surface area (TPSA) is 32.3 Å². The van der Waals surface area contributed by atoms with Gasteiger partial charge in [-0.05, 0) is 76.1 Å². The maximum atomic E-state index is 4.68. The predicted octanol–water partition coefficient (Wildman–Crippen LogP) is 10.9. The minimum atomic E-state index is -1.43. The van der Waals surface area contributed by atoms with Crippen LogP contribution in [0, 0.1) is 0 Å². The molecule has 5 heteroatoms. The molecule has 0 atom stereocenters. The van der Waals surface area contributed by atoms with Crippen LogP contribution in [0.2, 0.25) is 19.6 Å². The van der Waals surface area contributed by atoms with E-state index in [9.17, 15) is 0 Å². The lowest BCUT2D eigenvalue weighted by Crippen LogP contribution is -2.37. The van der Waals surface area contributed by atoms with Crippen molar-refractivity contribution in [2.24, 2.45) is 0 Å². The summed E-state index contributed by atoms with van der Waals surface area (Å²) in [4.78, 5) is 13.9. The largest absolute Gasteiger partial charge is 0.310 e. The van der Waals surface area contributed by atoms with Gasteiger partial charge in [0.05, 0.1) is 19.4 Å². The molecule has 0 aliphatic heterocycles. The van der Waals surface area contributed by atoms with E-state index in [0.717, 1.165) is 33.8 Å². The summed E-state index contributed by atoms with van der Waals surface area (Å²) in [6.45, 7) is 7.19. The number of hydrogen-bond donors (Lipinski definition) is 0. The number of para-hydroxylation sites is 2. The van der Waals surface area contributed by atoms with Crippen molar-refractivity contribution in [2.75, 3.05) is 9.80 Å². The molecular weight excluding hydrogens is 577 g/mol. The highest BCUT2D eigenvalue weighted by Gasteiger charge is 2.23. The van der Waals surface area contributed by atoms with Gasteiger partial charge in [0.15, 0.2) is 0 Å². The number of rotatable bonds is 7. The fraction of sp³-hybridized carbons (Fsp3) is 0.0732. The molecule has 4 nitrogen and oxygen atoms in total. The Hall–Kier alpha value is -5.52. The van der Waals surface area contributed by atoms with E-state index in [1.807, 2.05) is 12.1 Å². The van der Waals surface area contributed by atoms with E-state index in [1.54, 1.807) is 12.4 Å². The molecule has 0 unspecified atom stereocenters. The van der Waals surface area contributed by atoms with Crippen molar-refractivity contribution < 1.29 is 0 Å². The standard InChI is InChI=1S/C41H34N4Si/c1-46(2,3)34-21-19-33(20-22-34)44(31-11-6-4-7-12-31)37-25-17-29-16-24-36-38(26-18-30-15-23-35(37)39(29)40(30)36)45(32-13-8-5-9-14-32)41-42-27-10-28-43-41/h4-28H,1-3H3. The van der Waals surface area contributed by atoms with Gasteiger partial charge in [-0.2, -0.15) is 0 Å². The quantitative estimate of drug-likeness (QED) is 0.133. The molecule has 0 aliphatic carbocycles. The summed E-state index contributed by atoms with van der Waals surface area (Å²) in [5, 5.41) is 8.77. The molecule has 8 rings (SSSR count). The maximum Gasteiger partial charge on any atom is 0.234 e. The first-order chi connectivity index (χ1) is 22.5. The summed E-state index contributed by atoms with van der Waals surface area (Å²) < 4.78 is 0. The zero-order chi connectivity index (χ0) is 31.3. The highest BCUT2D eigenvalue weighted by atomic mass is 28.3. The molecule has 0 saturated carbocycles. The molecule has 1 aromatic heterocycles. The van der Waals surface area contributed by atoms with Crippen molar-refractivity contribution in [2.45, 2.75) is 19.6 Å². The minimum absolute atomic E-state index is 0.640. The van der Waals surface area contributed by atoms with Crippen molar-refractivity contribution in [1.29, 1.82) is 0 Å². The highest BCUT2D eigenvalue weighted by molar-refractivity contribution is 6.88. The van der Waals surface area contributed by atoms with Crippen LogP contribution in [0.25, 0.3) is 32.3 Å². The number of benzene rings is 7. The van der Waals surface area contributed by atoms with Gasteiger partial charge in [0.25, 0.3) is 0 Å². The van der Waals surface area contributed by atoms with Crippen molar-refractivity contribution in [3.8, 4) is 0 Å². The first kappa shape index (κ1) is 28.0. The molecule has 0 radical (unpaired) electrons. The Bertz CT molecular complexity index is 2240. The second kappa shape index (κ2) is 11.1. The molecule has 46 heavy (non-hydrogen) atoms. The van der Waals surface area contributed by atoms with Gasteiger partial charge in [-0.15, -0.1) is 0 Å². The molecular formula is C41H34N4Si. The fourth-order valence-corrected chi connectivity index (χ4v) is 7.79. The third-order valence-electron chi connectivity index (χ3n) is 8.87. The van der Waals surface area contributed by atoms with Gasteiger partial charge in [-0.1, -0.05) is 110 Å². The molecule has 0 saturated heterocycles. The van der Waals surface area contributed by atoms with Gasteiger partial charge in [-0.3, -0.25) is 4.90 Å². The van der Waals surface area contributed by atoms with E-state index in [-0.39, 0.29) is 0 Å². The summed E-state index contributed by atoms with van der Waals surface area (Å²) in [5.74, 6) is 0.640. The Balaban J connectivity index is 1.38. The van der Waals surface area contributed by atoms with Crippen molar-refractivity contribution >= 4 is 80.0 Å². The van der Waals surface area contributed by atoms with E-state index in [4.69, 9.17) is 0 Å². The van der Waals surface area contributed by atoms with Crippen LogP contribution < -0.4 is 15.0 Å². The molecule has 0 bridgehead atoms. The number of hydrogen-bond acceptors (Lipinski definition) is 4. The van der Waals surface area contributed by atoms with Gasteiger partial charge in [0.2, 0.25) is 5.95 Å². The van der Waals surface area contributed by atoms with E-state index < -0.39 is 8.07 Å². The number of anilines is 6. The van der Waals surface area contributed by atoms with Gasteiger partial charge >= 0.3 is 0 Å². The number of aromatic nitrogens is 2. The van der Waals surface area contributed by atoms with Crippen LogP contribution in [0.5, 0.6) is 0 Å². The lowest BCUT2D eigenvalue weighted by Gasteiger charge is -2.29. The van der Waals surface area contributed by atoms with Crippen LogP contribution in [0.15, 0.2) is 152 Å². The Morgan fingerprint density at radius 3 is 1.41 bits per heavy atom. The molecule has 0 N–H and O–H groups in total. The fourth-order valence-electron chi connectivity index (χ4n) is 6.62. The zero-order valence-electron chi connectivity index (χ0n) is 26.2. The third kappa shape index (κ3) is 4.77. The van der Waals surface area contributed by atoms with Crippen LogP contribution in [-0.2, 0) is 0 Å². The summed E-state index contributed by atoms with van der Waals surface area (Å²) in [5.41, 5.74) is 5.51. The highest BCUT2D eigenvalue weighted by Crippen LogP contribution is 2.46. The van der Waals surface area contributed by atoms with Crippen molar-refractivity contribution in [3.05, 3.63) is 152 Å². The van der Waals surface area contributed by atoms with Crippen molar-refractivity contribution in [3.63, 3.8) is 0 Å². The first-order valence-corrected chi connectivity index (χ1v) is 19.3. The molecule has 0 amide bonds. The molecule has 0 fully saturated rings. The smallest absolute Gasteiger partial charge is 0.234 e. The van der Waals surface area contributed by atoms with Crippen LogP contribution in [0.4, 0.5) is 34.4 Å². The van der Waals surface area contributed by atoms with Crippen LogP contribution in [0.1, 0.15) is 0 Å². The Kier molecular flexibility index (Phi) is 6.77. The van der Waals surface area contributed by atoms with Crippen LogP contribution in [0.3, 0.4) is 0 Å². The first-order valence-electron chi connectivity index (χ1n) is 15.8. The summed E-state index contributed by atoms with van der Waals surface area (Å²) in [6, 6.07) is 50.2. The SMILES string of the molecule is C[Si](C)(C)c1ccc(N(c2ccccc2)c2ccc3ccc4c(N(c5ccccc5)c5ncccn5)ccc5ccc2c3c54)cc1. The minimum Gasteiger partial charge on any atom is -0.310 e. The monoisotopic (exact) mass is 610 g/mol. The number of nitrogens with zero attached hydrogens (tertiary/aromatic N) is 4. The van der Waals surface area contributed by atoms with Gasteiger partial charge in [0.1, 0.15) is 0 Å². The van der Waals surface area contributed by atoms with E-state index in [0.29, 0.717) is 5.95 Å². The van der Waals surface area contributed by atoms with E-state index in [1.165, 1.54) is 32.1 Å². The van der Waals surface area contributed by atoms with Gasteiger partial charge < -0.3 is 4.90 Å². The maximum absolute atomic E-state index is 4.68. The van der Waals surface area contributed by atoms with Crippen LogP contribution in [-0.4, -0.2) is 18.0 Å². The Morgan fingerprint density at radius 1 is 0.435 bits per heavy atom. The molecule has 222 valence electrons. The average molecular weight is 611 g/mol. The Morgan fingerprint density at radius 2 is 0.891 bits per heavy atom. The van der Waals surface area contributed by atoms with E-state index in [2.05, 4.69) is 167 Å². The summed E-state index contributed by atoms with van der Waals surface area (Å²) in [7, 11) is -1.43. The molecule has 0 spiro atoms. The second-order valence-corrected chi connectivity index (χ2v) is 17.9. The molecule has 8 aromatic rings. The zero-order valence-corrected chi connectivity index (χ0v) is 27.2. The third-order valence-corrected chi connectivity index (χ3v) is 10.9. The summed E-state index contributed by atoms with van der Waals surface area (Å²) >= 11 is 0. The lowest BCUT2D eigenvalue weighted by molar-refractivity contribution is 1.08. The van der Waals surface area contributed by atoms with Gasteiger partial charge in [-0.25, -0.2) is 9.97 Å². The lowest BCUT2D eigenvalue weighted by atomic mass is 9.92. The van der Waals surface area contributed by atoms with Crippen LogP contribution >= 0.6 is 0 Å². The van der Waals surface area contributed by atoms with Crippen molar-refractivity contribution in [1.82, 2.24) is 9.97 Å². The van der Waals surface area contributed by atoms with E-state index >= 15 is 0 Å². The van der Waals surface area contributed by atoms with Gasteiger partial charge in [0, 0.05) is 40.2 Å². The average Bonchev–Trinajstić information content (AvgIpc) is 3.10. The predicted molar refractivity (Wildman–Crippen MR) is 198 cm³/mol. The normalized spacial score (nSPS) is 11.8. The second-order valence-electron chi connectivity index (χ2n) is 12.8. The molecule has 7 aromatic carbocycles. The Labute approximate surface area is 270 Å². The molecule has 0 aliphatic rings. The molecule has 1 heterocycles. The summed E-state index contributed by atoms with van der Waals surface area (Å²) in [6.07, 6.45) is 3.60.